The van der Waals surface area contributed by atoms with Crippen molar-refractivity contribution in [3.05, 3.63) is 17.0 Å². The van der Waals surface area contributed by atoms with E-state index < -0.39 is 23.7 Å². The van der Waals surface area contributed by atoms with Crippen LogP contribution in [0.2, 0.25) is 0 Å². The van der Waals surface area contributed by atoms with Crippen LogP contribution in [-0.4, -0.2) is 22.9 Å². The van der Waals surface area contributed by atoms with E-state index in [0.717, 1.165) is 0 Å². The maximum absolute atomic E-state index is 11.6. The first-order chi connectivity index (χ1) is 8.00. The number of primary amides is 1. The summed E-state index contributed by atoms with van der Waals surface area (Å²) in [6.07, 6.45) is 0.346. The Hall–Kier alpha value is -1.89. The Morgan fingerprint density at radius 3 is 2.65 bits per heavy atom. The van der Waals surface area contributed by atoms with Gasteiger partial charge in [0.2, 0.25) is 5.91 Å². The van der Waals surface area contributed by atoms with Crippen LogP contribution in [0.15, 0.2) is 11.4 Å². The van der Waals surface area contributed by atoms with E-state index >= 15 is 0 Å². The molecule has 1 saturated carbocycles. The van der Waals surface area contributed by atoms with Gasteiger partial charge < -0.3 is 16.2 Å². The fraction of sp³-hybridized carbons (Fsp3) is 0.300. The summed E-state index contributed by atoms with van der Waals surface area (Å²) in [5.41, 5.74) is 5.37. The monoisotopic (exact) mass is 254 g/mol. The molecule has 0 saturated heterocycles. The van der Waals surface area contributed by atoms with E-state index in [-0.39, 0.29) is 11.5 Å². The fourth-order valence-corrected chi connectivity index (χ4v) is 2.36. The summed E-state index contributed by atoms with van der Waals surface area (Å²) in [4.78, 5) is 33.3. The zero-order valence-electron chi connectivity index (χ0n) is 8.67. The van der Waals surface area contributed by atoms with Crippen LogP contribution in [0.4, 0.5) is 5.00 Å². The zero-order chi connectivity index (χ0) is 12.6. The lowest BCUT2D eigenvalue weighted by Gasteiger charge is -2.03. The molecule has 0 unspecified atom stereocenters. The molecule has 7 heteroatoms. The molecule has 1 heterocycles. The molecule has 2 atom stereocenters. The summed E-state index contributed by atoms with van der Waals surface area (Å²) in [6, 6.07) is 1.52. The van der Waals surface area contributed by atoms with Crippen LogP contribution in [-0.2, 0) is 9.59 Å². The Kier molecular flexibility index (Phi) is 2.84. The molecule has 1 aromatic heterocycles. The zero-order valence-corrected chi connectivity index (χ0v) is 9.49. The van der Waals surface area contributed by atoms with Crippen LogP contribution in [0.3, 0.4) is 0 Å². The molecule has 2 rings (SSSR count). The van der Waals surface area contributed by atoms with Crippen LogP contribution in [0.5, 0.6) is 0 Å². The quantitative estimate of drug-likeness (QED) is 0.727. The van der Waals surface area contributed by atoms with Crippen molar-refractivity contribution in [2.75, 3.05) is 5.32 Å². The third-order valence-electron chi connectivity index (χ3n) is 2.61. The molecule has 0 bridgehead atoms. The van der Waals surface area contributed by atoms with Crippen molar-refractivity contribution in [2.24, 2.45) is 17.6 Å². The summed E-state index contributed by atoms with van der Waals surface area (Å²) < 4.78 is 0. The van der Waals surface area contributed by atoms with Gasteiger partial charge >= 0.3 is 5.97 Å². The second-order valence-corrected chi connectivity index (χ2v) is 4.72. The first-order valence-electron chi connectivity index (χ1n) is 4.91. The largest absolute Gasteiger partial charge is 0.481 e. The number of carbonyl (C=O) groups is 3. The highest BCUT2D eigenvalue weighted by atomic mass is 32.1. The van der Waals surface area contributed by atoms with Gasteiger partial charge in [0.05, 0.1) is 17.4 Å². The first-order valence-corrected chi connectivity index (χ1v) is 5.79. The lowest BCUT2D eigenvalue weighted by atomic mass is 10.2. The molecule has 4 N–H and O–H groups in total. The number of nitrogens with two attached hydrogens (primary N) is 1. The third kappa shape index (κ3) is 2.28. The van der Waals surface area contributed by atoms with Gasteiger partial charge in [-0.25, -0.2) is 0 Å². The Bertz CT molecular complexity index is 496. The number of hydrogen-bond donors (Lipinski definition) is 3. The molecule has 0 aromatic carbocycles. The summed E-state index contributed by atoms with van der Waals surface area (Å²) in [6.45, 7) is 0. The highest BCUT2D eigenvalue weighted by Crippen LogP contribution is 2.40. The number of anilines is 1. The molecule has 0 radical (unpaired) electrons. The lowest BCUT2D eigenvalue weighted by molar-refractivity contribution is -0.139. The van der Waals surface area contributed by atoms with Gasteiger partial charge in [-0.2, -0.15) is 0 Å². The summed E-state index contributed by atoms with van der Waals surface area (Å²) in [5, 5.41) is 13.2. The fourth-order valence-electron chi connectivity index (χ4n) is 1.56. The van der Waals surface area contributed by atoms with Crippen molar-refractivity contribution >= 4 is 34.1 Å². The number of nitrogens with one attached hydrogen (secondary N) is 1. The normalized spacial score (nSPS) is 21.9. The maximum atomic E-state index is 11.6. The van der Waals surface area contributed by atoms with Crippen molar-refractivity contribution in [1.82, 2.24) is 0 Å². The second-order valence-electron chi connectivity index (χ2n) is 3.80. The van der Waals surface area contributed by atoms with E-state index in [2.05, 4.69) is 5.32 Å². The van der Waals surface area contributed by atoms with Crippen molar-refractivity contribution in [3.63, 3.8) is 0 Å². The number of carboxylic acids is 1. The molecular formula is C10H10N2O4S. The smallest absolute Gasteiger partial charge is 0.307 e. The van der Waals surface area contributed by atoms with E-state index in [4.69, 9.17) is 10.8 Å². The predicted octanol–water partition coefficient (Wildman–Crippen LogP) is 0.506. The number of rotatable bonds is 4. The van der Waals surface area contributed by atoms with Gasteiger partial charge in [-0.1, -0.05) is 0 Å². The molecule has 2 amide bonds. The van der Waals surface area contributed by atoms with E-state index in [1.54, 1.807) is 5.38 Å². The number of thiophene rings is 1. The highest BCUT2D eigenvalue weighted by molar-refractivity contribution is 7.14. The van der Waals surface area contributed by atoms with E-state index in [0.29, 0.717) is 11.4 Å². The number of carboxylic acid groups (broad SMARTS) is 1. The van der Waals surface area contributed by atoms with Crippen LogP contribution < -0.4 is 11.1 Å². The topological polar surface area (TPSA) is 109 Å². The van der Waals surface area contributed by atoms with Crippen LogP contribution in [0.1, 0.15) is 16.8 Å². The number of carbonyl (C=O) groups excluding carboxylic acids is 2. The minimum Gasteiger partial charge on any atom is -0.481 e. The van der Waals surface area contributed by atoms with Crippen molar-refractivity contribution in [3.8, 4) is 0 Å². The average Bonchev–Trinajstić information content (AvgIpc) is 2.93. The van der Waals surface area contributed by atoms with Crippen LogP contribution in [0, 0.1) is 11.8 Å². The molecule has 0 aliphatic heterocycles. The van der Waals surface area contributed by atoms with E-state index in [1.165, 1.54) is 17.4 Å². The number of amides is 2. The molecule has 6 nitrogen and oxygen atoms in total. The SMILES string of the molecule is NC(=O)c1ccsc1NC(=O)[C@@H]1C[C@@H]1C(=O)O. The van der Waals surface area contributed by atoms with Crippen molar-refractivity contribution in [1.29, 1.82) is 0 Å². The molecule has 1 aliphatic carbocycles. The highest BCUT2D eigenvalue weighted by Gasteiger charge is 2.48. The van der Waals surface area contributed by atoms with Gasteiger partial charge in [0.15, 0.2) is 0 Å². The molecule has 17 heavy (non-hydrogen) atoms. The summed E-state index contributed by atoms with van der Waals surface area (Å²) in [5.74, 6) is -3.07. The molecule has 1 aliphatic rings. The Morgan fingerprint density at radius 2 is 2.12 bits per heavy atom. The van der Waals surface area contributed by atoms with E-state index in [1.807, 2.05) is 0 Å². The van der Waals surface area contributed by atoms with Crippen LogP contribution >= 0.6 is 11.3 Å². The first kappa shape index (κ1) is 11.6. The van der Waals surface area contributed by atoms with Crippen LogP contribution in [0.25, 0.3) is 0 Å². The molecule has 1 aromatic rings. The van der Waals surface area contributed by atoms with Gasteiger partial charge in [-0.3, -0.25) is 14.4 Å². The van der Waals surface area contributed by atoms with Crippen molar-refractivity contribution in [2.45, 2.75) is 6.42 Å². The summed E-state index contributed by atoms with van der Waals surface area (Å²) in [7, 11) is 0. The average molecular weight is 254 g/mol. The number of aliphatic carboxylic acids is 1. The third-order valence-corrected chi connectivity index (χ3v) is 3.44. The lowest BCUT2D eigenvalue weighted by Crippen LogP contribution is -2.19. The molecule has 90 valence electrons. The molecule has 1 fully saturated rings. The minimum absolute atomic E-state index is 0.246. The maximum Gasteiger partial charge on any atom is 0.307 e. The number of hydrogen-bond acceptors (Lipinski definition) is 4. The van der Waals surface area contributed by atoms with Gasteiger partial charge in [0.1, 0.15) is 5.00 Å². The minimum atomic E-state index is -0.966. The van der Waals surface area contributed by atoms with E-state index in [9.17, 15) is 14.4 Å². The van der Waals surface area contributed by atoms with Gasteiger partial charge in [0.25, 0.3) is 5.91 Å². The van der Waals surface area contributed by atoms with Gasteiger partial charge in [0, 0.05) is 0 Å². The molecular weight excluding hydrogens is 244 g/mol. The predicted molar refractivity (Wildman–Crippen MR) is 60.7 cm³/mol. The Balaban J connectivity index is 2.02. The van der Waals surface area contributed by atoms with Gasteiger partial charge in [-0.15, -0.1) is 11.3 Å². The van der Waals surface area contributed by atoms with Crippen molar-refractivity contribution < 1.29 is 19.5 Å². The Labute approximate surface area is 100 Å². The second kappa shape index (κ2) is 4.17. The van der Waals surface area contributed by atoms with Gasteiger partial charge in [-0.05, 0) is 17.9 Å². The Morgan fingerprint density at radius 1 is 1.41 bits per heavy atom. The summed E-state index contributed by atoms with van der Waals surface area (Å²) >= 11 is 1.18. The molecule has 0 spiro atoms. The standard InChI is InChI=1S/C10H10N2O4S/c11-7(13)4-1-2-17-9(4)12-8(14)5-3-6(5)10(15)16/h1-2,5-6H,3H2,(H2,11,13)(H,12,14)(H,15,16)/t5-,6+/m1/s1.